The third kappa shape index (κ3) is 4.32. The number of anilines is 1. The van der Waals surface area contributed by atoms with Crippen LogP contribution in [-0.2, 0) is 22.0 Å². The maximum absolute atomic E-state index is 11.3. The fraction of sp³-hybridized carbons (Fsp3) is 0.294. The van der Waals surface area contributed by atoms with Crippen molar-refractivity contribution in [2.75, 3.05) is 5.32 Å². The highest BCUT2D eigenvalue weighted by Gasteiger charge is 2.12. The van der Waals surface area contributed by atoms with E-state index in [9.17, 15) is 8.42 Å². The molecule has 0 spiro atoms. The topological polar surface area (TPSA) is 72.2 Å². The second kappa shape index (κ2) is 6.10. The van der Waals surface area contributed by atoms with Gasteiger partial charge in [0.05, 0.1) is 4.90 Å². The highest BCUT2D eigenvalue weighted by atomic mass is 32.2. The summed E-state index contributed by atoms with van der Waals surface area (Å²) in [4.78, 5) is 0.112. The summed E-state index contributed by atoms with van der Waals surface area (Å²) in [6, 6.07) is 14.9. The Balaban J connectivity index is 2.07. The molecule has 2 aromatic carbocycles. The Morgan fingerprint density at radius 2 is 1.68 bits per heavy atom. The van der Waals surface area contributed by atoms with Gasteiger partial charge in [0.1, 0.15) is 0 Å². The molecule has 0 aliphatic rings. The molecule has 2 aromatic rings. The van der Waals surface area contributed by atoms with Crippen LogP contribution in [0.4, 0.5) is 5.69 Å². The molecule has 22 heavy (non-hydrogen) atoms. The van der Waals surface area contributed by atoms with Gasteiger partial charge >= 0.3 is 0 Å². The second-order valence-electron chi connectivity index (χ2n) is 6.37. The first-order valence-corrected chi connectivity index (χ1v) is 8.67. The molecule has 0 fully saturated rings. The van der Waals surface area contributed by atoms with Gasteiger partial charge in [0.2, 0.25) is 10.0 Å². The number of primary sulfonamides is 1. The smallest absolute Gasteiger partial charge is 0.238 e. The fourth-order valence-electron chi connectivity index (χ4n) is 2.11. The second-order valence-corrected chi connectivity index (χ2v) is 7.93. The van der Waals surface area contributed by atoms with Crippen molar-refractivity contribution in [2.24, 2.45) is 5.14 Å². The lowest BCUT2D eigenvalue weighted by atomic mass is 9.87. The Bertz CT molecular complexity index is 745. The van der Waals surface area contributed by atoms with E-state index in [-0.39, 0.29) is 10.3 Å². The number of hydrogen-bond acceptors (Lipinski definition) is 3. The predicted octanol–water partition coefficient (Wildman–Crippen LogP) is 3.24. The van der Waals surface area contributed by atoms with Crippen molar-refractivity contribution < 1.29 is 8.42 Å². The molecule has 0 radical (unpaired) electrons. The van der Waals surface area contributed by atoms with E-state index in [0.29, 0.717) is 6.54 Å². The third-order valence-electron chi connectivity index (χ3n) is 3.48. The molecular formula is C17H22N2O2S. The molecule has 3 N–H and O–H groups in total. The van der Waals surface area contributed by atoms with E-state index in [0.717, 1.165) is 11.3 Å². The van der Waals surface area contributed by atoms with Gasteiger partial charge in [0.25, 0.3) is 0 Å². The summed E-state index contributed by atoms with van der Waals surface area (Å²) in [5.41, 5.74) is 3.28. The third-order valence-corrected chi connectivity index (χ3v) is 4.39. The lowest BCUT2D eigenvalue weighted by Gasteiger charge is -2.19. The lowest BCUT2D eigenvalue weighted by Crippen LogP contribution is -2.12. The number of hydrogen-bond donors (Lipinski definition) is 2. The molecule has 0 atom stereocenters. The molecule has 4 nitrogen and oxygen atoms in total. The van der Waals surface area contributed by atoms with E-state index in [4.69, 9.17) is 5.14 Å². The Hall–Kier alpha value is -1.85. The largest absolute Gasteiger partial charge is 0.381 e. The number of nitrogens with one attached hydrogen (secondary N) is 1. The molecular weight excluding hydrogens is 296 g/mol. The summed E-state index contributed by atoms with van der Waals surface area (Å²) >= 11 is 0. The van der Waals surface area contributed by atoms with E-state index < -0.39 is 10.0 Å². The van der Waals surface area contributed by atoms with E-state index >= 15 is 0 Å². The van der Waals surface area contributed by atoms with Crippen molar-refractivity contribution in [1.82, 2.24) is 0 Å². The Morgan fingerprint density at radius 3 is 2.23 bits per heavy atom. The molecule has 0 saturated heterocycles. The molecule has 5 heteroatoms. The van der Waals surface area contributed by atoms with Gasteiger partial charge in [-0.3, -0.25) is 0 Å². The van der Waals surface area contributed by atoms with Crippen molar-refractivity contribution in [1.29, 1.82) is 0 Å². The van der Waals surface area contributed by atoms with E-state index in [1.807, 2.05) is 6.07 Å². The fourth-order valence-corrected chi connectivity index (χ4v) is 2.67. The van der Waals surface area contributed by atoms with Gasteiger partial charge in [-0.25, -0.2) is 13.6 Å². The first kappa shape index (κ1) is 16.5. The van der Waals surface area contributed by atoms with Crippen LogP contribution in [0.25, 0.3) is 0 Å². The van der Waals surface area contributed by atoms with Crippen molar-refractivity contribution in [3.05, 3.63) is 59.7 Å². The molecule has 0 amide bonds. The van der Waals surface area contributed by atoms with Crippen LogP contribution < -0.4 is 10.5 Å². The number of rotatable bonds is 4. The zero-order valence-corrected chi connectivity index (χ0v) is 13.9. The van der Waals surface area contributed by atoms with Crippen molar-refractivity contribution >= 4 is 15.7 Å². The van der Waals surface area contributed by atoms with E-state index in [1.54, 1.807) is 12.1 Å². The van der Waals surface area contributed by atoms with Crippen LogP contribution >= 0.6 is 0 Å². The lowest BCUT2D eigenvalue weighted by molar-refractivity contribution is 0.590. The van der Waals surface area contributed by atoms with Crippen molar-refractivity contribution in [2.45, 2.75) is 37.6 Å². The average Bonchev–Trinajstić information content (AvgIpc) is 2.44. The standard InChI is InChI=1S/C17H22N2O2S/c1-17(2,3)14-9-7-13(8-10-14)12-19-15-5-4-6-16(11-15)22(18,20)21/h4-11,19H,12H2,1-3H3,(H2,18,20,21). The quantitative estimate of drug-likeness (QED) is 0.909. The van der Waals surface area contributed by atoms with Gasteiger partial charge < -0.3 is 5.32 Å². The van der Waals surface area contributed by atoms with Gasteiger partial charge in [-0.05, 0) is 34.7 Å². The Kier molecular flexibility index (Phi) is 4.58. The SMILES string of the molecule is CC(C)(C)c1ccc(CNc2cccc(S(N)(=O)=O)c2)cc1. The van der Waals surface area contributed by atoms with Gasteiger partial charge in [-0.1, -0.05) is 51.1 Å². The molecule has 0 aromatic heterocycles. The van der Waals surface area contributed by atoms with Gasteiger partial charge in [0.15, 0.2) is 0 Å². The van der Waals surface area contributed by atoms with Crippen LogP contribution in [0.15, 0.2) is 53.4 Å². The minimum Gasteiger partial charge on any atom is -0.381 e. The molecule has 0 bridgehead atoms. The maximum atomic E-state index is 11.3. The molecule has 0 aliphatic carbocycles. The minimum absolute atomic E-state index is 0.112. The number of nitrogens with two attached hydrogens (primary N) is 1. The molecule has 0 saturated carbocycles. The van der Waals surface area contributed by atoms with Crippen LogP contribution in [-0.4, -0.2) is 8.42 Å². The molecule has 0 aliphatic heterocycles. The molecule has 2 rings (SSSR count). The van der Waals surface area contributed by atoms with Gasteiger partial charge in [-0.2, -0.15) is 0 Å². The highest BCUT2D eigenvalue weighted by molar-refractivity contribution is 7.89. The molecule has 118 valence electrons. The van der Waals surface area contributed by atoms with Crippen molar-refractivity contribution in [3.63, 3.8) is 0 Å². The van der Waals surface area contributed by atoms with Crippen LogP contribution in [0.1, 0.15) is 31.9 Å². The molecule has 0 heterocycles. The summed E-state index contributed by atoms with van der Waals surface area (Å²) in [5, 5.41) is 8.35. The van der Waals surface area contributed by atoms with Crippen LogP contribution in [0.3, 0.4) is 0 Å². The first-order valence-electron chi connectivity index (χ1n) is 7.12. The van der Waals surface area contributed by atoms with Crippen LogP contribution in [0, 0.1) is 0 Å². The monoisotopic (exact) mass is 318 g/mol. The van der Waals surface area contributed by atoms with Crippen LogP contribution in [0.2, 0.25) is 0 Å². The summed E-state index contributed by atoms with van der Waals surface area (Å²) < 4.78 is 22.7. The first-order chi connectivity index (χ1) is 10.2. The average molecular weight is 318 g/mol. The highest BCUT2D eigenvalue weighted by Crippen LogP contribution is 2.22. The van der Waals surface area contributed by atoms with Gasteiger partial charge in [0, 0.05) is 12.2 Å². The number of sulfonamides is 1. The van der Waals surface area contributed by atoms with Crippen molar-refractivity contribution in [3.8, 4) is 0 Å². The predicted molar refractivity (Wildman–Crippen MR) is 90.3 cm³/mol. The summed E-state index contributed by atoms with van der Waals surface area (Å²) in [6.45, 7) is 7.16. The zero-order chi connectivity index (χ0) is 16.4. The van der Waals surface area contributed by atoms with E-state index in [1.165, 1.54) is 11.6 Å². The molecule has 0 unspecified atom stereocenters. The summed E-state index contributed by atoms with van der Waals surface area (Å²) in [7, 11) is -3.67. The maximum Gasteiger partial charge on any atom is 0.238 e. The minimum atomic E-state index is -3.67. The Morgan fingerprint density at radius 1 is 1.05 bits per heavy atom. The zero-order valence-electron chi connectivity index (χ0n) is 13.1. The Labute approximate surface area is 132 Å². The summed E-state index contributed by atoms with van der Waals surface area (Å²) in [6.07, 6.45) is 0. The van der Waals surface area contributed by atoms with Crippen LogP contribution in [0.5, 0.6) is 0 Å². The summed E-state index contributed by atoms with van der Waals surface area (Å²) in [5.74, 6) is 0. The number of benzene rings is 2. The van der Waals surface area contributed by atoms with Gasteiger partial charge in [-0.15, -0.1) is 0 Å². The van der Waals surface area contributed by atoms with E-state index in [2.05, 4.69) is 50.4 Å². The normalized spacial score (nSPS) is 12.2.